The summed E-state index contributed by atoms with van der Waals surface area (Å²) < 4.78 is 1.07. The summed E-state index contributed by atoms with van der Waals surface area (Å²) >= 11 is 2.17. The molecule has 0 aliphatic carbocycles. The van der Waals surface area contributed by atoms with Crippen molar-refractivity contribution in [2.45, 2.75) is 50.6 Å². The molecule has 0 saturated heterocycles. The Morgan fingerprint density at radius 2 is 1.41 bits per heavy atom. The van der Waals surface area contributed by atoms with Crippen LogP contribution in [0.1, 0.15) is 37.7 Å². The molecular weight excluding hydrogens is 537 g/mol. The predicted molar refractivity (Wildman–Crippen MR) is 121 cm³/mol. The van der Waals surface area contributed by atoms with Gasteiger partial charge in [-0.1, -0.05) is 12.1 Å². The summed E-state index contributed by atoms with van der Waals surface area (Å²) in [5.74, 6) is -4.08. The number of carbonyl (C=O) groups excluding carboxylic acids is 2. The largest absolute Gasteiger partial charge is 0.481 e. The van der Waals surface area contributed by atoms with Gasteiger partial charge in [0.15, 0.2) is 0 Å². The number of unbranched alkanes of at least 4 members (excludes halogenated alkanes) is 1. The van der Waals surface area contributed by atoms with Gasteiger partial charge in [0.25, 0.3) is 0 Å². The number of nitrogens with one attached hydrogen (secondary N) is 3. The maximum absolute atomic E-state index is 11.9. The lowest BCUT2D eigenvalue weighted by Gasteiger charge is -2.18. The molecule has 0 saturated carbocycles. The summed E-state index contributed by atoms with van der Waals surface area (Å²) in [6.45, 7) is 0.345. The van der Waals surface area contributed by atoms with Crippen molar-refractivity contribution in [2.24, 2.45) is 0 Å². The van der Waals surface area contributed by atoms with Crippen LogP contribution in [0, 0.1) is 3.57 Å². The van der Waals surface area contributed by atoms with Gasteiger partial charge in [0.1, 0.15) is 12.1 Å². The first-order chi connectivity index (χ1) is 15.1. The van der Waals surface area contributed by atoms with Crippen molar-refractivity contribution in [3.63, 3.8) is 0 Å². The minimum Gasteiger partial charge on any atom is -0.481 e. The first-order valence-electron chi connectivity index (χ1n) is 9.84. The lowest BCUT2D eigenvalue weighted by atomic mass is 10.1. The van der Waals surface area contributed by atoms with Crippen molar-refractivity contribution in [3.8, 4) is 0 Å². The molecule has 12 heteroatoms. The Morgan fingerprint density at radius 3 is 1.94 bits per heavy atom. The monoisotopic (exact) mass is 563 g/mol. The highest BCUT2D eigenvalue weighted by atomic mass is 127. The average Bonchev–Trinajstić information content (AvgIpc) is 2.71. The zero-order valence-electron chi connectivity index (χ0n) is 17.2. The number of carbonyl (C=O) groups is 5. The van der Waals surface area contributed by atoms with Crippen LogP contribution in [0.3, 0.4) is 0 Å². The molecule has 0 unspecified atom stereocenters. The lowest BCUT2D eigenvalue weighted by molar-refractivity contribution is -0.140. The fraction of sp³-hybridized carbons (Fsp3) is 0.450. The maximum Gasteiger partial charge on any atom is 0.326 e. The van der Waals surface area contributed by atoms with Gasteiger partial charge >= 0.3 is 23.9 Å². The molecule has 0 heterocycles. The minimum atomic E-state index is -1.45. The van der Waals surface area contributed by atoms with Gasteiger partial charge in [-0.2, -0.15) is 0 Å². The molecule has 176 valence electrons. The van der Waals surface area contributed by atoms with Gasteiger partial charge < -0.3 is 31.3 Å². The number of benzene rings is 1. The Morgan fingerprint density at radius 1 is 0.844 bits per heavy atom. The second-order valence-electron chi connectivity index (χ2n) is 6.98. The van der Waals surface area contributed by atoms with Crippen molar-refractivity contribution in [1.82, 2.24) is 16.0 Å². The zero-order valence-corrected chi connectivity index (χ0v) is 19.3. The van der Waals surface area contributed by atoms with Crippen LogP contribution in [0.5, 0.6) is 0 Å². The molecule has 0 radical (unpaired) electrons. The Bertz CT molecular complexity index is 816. The molecule has 0 spiro atoms. The Hall–Kier alpha value is -2.90. The third-order valence-electron chi connectivity index (χ3n) is 4.37. The third kappa shape index (κ3) is 11.5. The van der Waals surface area contributed by atoms with Crippen molar-refractivity contribution in [3.05, 3.63) is 33.4 Å². The zero-order chi connectivity index (χ0) is 24.1. The van der Waals surface area contributed by atoms with Gasteiger partial charge in [-0.25, -0.2) is 14.4 Å². The Balaban J connectivity index is 2.36. The molecule has 0 fully saturated rings. The number of carboxylic acids is 3. The number of carboxylic acid groups (broad SMARTS) is 3. The number of halogens is 1. The number of aliphatic carboxylic acids is 3. The molecule has 0 aromatic heterocycles. The molecule has 2 atom stereocenters. The molecule has 1 aromatic carbocycles. The van der Waals surface area contributed by atoms with E-state index < -0.39 is 42.4 Å². The number of amides is 3. The Labute approximate surface area is 198 Å². The summed E-state index contributed by atoms with van der Waals surface area (Å²) in [6.07, 6.45) is 0.391. The van der Waals surface area contributed by atoms with Crippen molar-refractivity contribution in [1.29, 1.82) is 0 Å². The van der Waals surface area contributed by atoms with Crippen LogP contribution in [0.4, 0.5) is 4.79 Å². The summed E-state index contributed by atoms with van der Waals surface area (Å²) in [6, 6.07) is 3.82. The molecule has 3 amide bonds. The highest BCUT2D eigenvalue weighted by Gasteiger charge is 2.24. The van der Waals surface area contributed by atoms with Gasteiger partial charge in [-0.3, -0.25) is 9.59 Å². The van der Waals surface area contributed by atoms with Crippen LogP contribution in [0.25, 0.3) is 0 Å². The van der Waals surface area contributed by atoms with Gasteiger partial charge in [0.05, 0.1) is 6.42 Å². The average molecular weight is 563 g/mol. The van der Waals surface area contributed by atoms with E-state index in [-0.39, 0.29) is 25.2 Å². The minimum absolute atomic E-state index is 0.0720. The molecule has 11 nitrogen and oxygen atoms in total. The molecule has 6 N–H and O–H groups in total. The summed E-state index contributed by atoms with van der Waals surface area (Å²) in [7, 11) is 0. The Kier molecular flexibility index (Phi) is 12.1. The second kappa shape index (κ2) is 14.2. The number of hydrogen-bond donors (Lipinski definition) is 6. The van der Waals surface area contributed by atoms with E-state index in [1.807, 2.05) is 24.3 Å². The standard InChI is InChI=1S/C20H26IN3O8/c21-13-6-4-12(5-7-13)11-16(25)22-10-2-1-3-14(18(28)29)23-20(32)24-15(19(30)31)8-9-17(26)27/h4-7,14-15H,1-3,8-11H2,(H,22,25)(H,26,27)(H,28,29)(H,30,31)(H2,23,24,32)/t14-,15-/m0/s1. The van der Waals surface area contributed by atoms with E-state index in [4.69, 9.17) is 10.2 Å². The fourth-order valence-corrected chi connectivity index (χ4v) is 3.05. The molecule has 0 aliphatic rings. The van der Waals surface area contributed by atoms with E-state index >= 15 is 0 Å². The summed E-state index contributed by atoms with van der Waals surface area (Å²) in [5, 5.41) is 33.9. The lowest BCUT2D eigenvalue weighted by Crippen LogP contribution is -2.51. The van der Waals surface area contributed by atoms with E-state index in [9.17, 15) is 29.1 Å². The van der Waals surface area contributed by atoms with E-state index in [0.717, 1.165) is 9.13 Å². The van der Waals surface area contributed by atoms with Crippen LogP contribution < -0.4 is 16.0 Å². The number of rotatable bonds is 14. The van der Waals surface area contributed by atoms with Crippen molar-refractivity contribution < 1.29 is 39.3 Å². The normalized spacial score (nSPS) is 12.3. The first kappa shape index (κ1) is 27.1. The molecule has 1 rings (SSSR count). The number of urea groups is 1. The highest BCUT2D eigenvalue weighted by molar-refractivity contribution is 14.1. The highest BCUT2D eigenvalue weighted by Crippen LogP contribution is 2.07. The molecule has 1 aromatic rings. The van der Waals surface area contributed by atoms with Crippen molar-refractivity contribution in [2.75, 3.05) is 6.54 Å². The topological polar surface area (TPSA) is 182 Å². The summed E-state index contributed by atoms with van der Waals surface area (Å²) in [4.78, 5) is 56.9. The van der Waals surface area contributed by atoms with Crippen LogP contribution in [0.15, 0.2) is 24.3 Å². The van der Waals surface area contributed by atoms with E-state index in [1.165, 1.54) is 0 Å². The van der Waals surface area contributed by atoms with Crippen LogP contribution in [-0.2, 0) is 25.6 Å². The second-order valence-corrected chi connectivity index (χ2v) is 8.23. The van der Waals surface area contributed by atoms with Crippen LogP contribution in [0.2, 0.25) is 0 Å². The van der Waals surface area contributed by atoms with E-state index in [2.05, 4.69) is 38.5 Å². The third-order valence-corrected chi connectivity index (χ3v) is 5.09. The summed E-state index contributed by atoms with van der Waals surface area (Å²) in [5.41, 5.74) is 0.882. The van der Waals surface area contributed by atoms with Gasteiger partial charge in [-0.05, 0) is 66.0 Å². The molecule has 0 aliphatic heterocycles. The van der Waals surface area contributed by atoms with Crippen LogP contribution in [-0.4, -0.2) is 63.8 Å². The maximum atomic E-state index is 11.9. The SMILES string of the molecule is O=C(O)CC[C@H](NC(=O)N[C@@H](CCCCNC(=O)Cc1ccc(I)cc1)C(=O)O)C(=O)O. The van der Waals surface area contributed by atoms with Gasteiger partial charge in [-0.15, -0.1) is 0 Å². The van der Waals surface area contributed by atoms with Crippen LogP contribution >= 0.6 is 22.6 Å². The van der Waals surface area contributed by atoms with Gasteiger partial charge in [0, 0.05) is 16.5 Å². The van der Waals surface area contributed by atoms with E-state index in [1.54, 1.807) is 0 Å². The smallest absolute Gasteiger partial charge is 0.326 e. The number of hydrogen-bond acceptors (Lipinski definition) is 5. The molecule has 0 bridgehead atoms. The predicted octanol–water partition coefficient (Wildman–Crippen LogP) is 1.19. The molecular formula is C20H26IN3O8. The first-order valence-corrected chi connectivity index (χ1v) is 10.9. The van der Waals surface area contributed by atoms with Gasteiger partial charge in [0.2, 0.25) is 5.91 Å². The van der Waals surface area contributed by atoms with E-state index in [0.29, 0.717) is 19.4 Å². The quantitative estimate of drug-likeness (QED) is 0.144. The fourth-order valence-electron chi connectivity index (χ4n) is 2.69. The molecule has 32 heavy (non-hydrogen) atoms. The van der Waals surface area contributed by atoms with Crippen molar-refractivity contribution >= 4 is 52.4 Å².